The van der Waals surface area contributed by atoms with Gasteiger partial charge in [0.05, 0.1) is 19.8 Å². The number of anilines is 1. The van der Waals surface area contributed by atoms with E-state index in [0.29, 0.717) is 44.9 Å². The molecule has 2 N–H and O–H groups in total. The number of hydrogen-bond acceptors (Lipinski definition) is 6. The molecule has 0 unspecified atom stereocenters. The molecule has 1 aliphatic rings. The Morgan fingerprint density at radius 2 is 2.04 bits per heavy atom. The van der Waals surface area contributed by atoms with Crippen molar-refractivity contribution in [1.82, 2.24) is 4.90 Å². The lowest BCUT2D eigenvalue weighted by molar-refractivity contribution is -0.116. The molecule has 1 aliphatic heterocycles. The molecule has 2 rings (SSSR count). The molecular weight excluding hydrogens is 348 g/mol. The normalized spacial score (nSPS) is 14.4. The molecule has 7 nitrogen and oxygen atoms in total. The lowest BCUT2D eigenvalue weighted by atomic mass is 10.2. The smallest absolute Gasteiger partial charge is 0.341 e. The number of hydrogen-bond donors (Lipinski definition) is 2. The Morgan fingerprint density at radius 1 is 1.32 bits per heavy atom. The average Bonchev–Trinajstić information content (AvgIpc) is 2.59. The molecule has 25 heavy (non-hydrogen) atoms. The molecule has 1 fully saturated rings. The zero-order chi connectivity index (χ0) is 17.4. The van der Waals surface area contributed by atoms with Gasteiger partial charge in [0.2, 0.25) is 5.91 Å². The summed E-state index contributed by atoms with van der Waals surface area (Å²) in [6.07, 6.45) is 1.07. The van der Waals surface area contributed by atoms with E-state index in [2.05, 4.69) is 10.2 Å². The van der Waals surface area contributed by atoms with Crippen molar-refractivity contribution < 1.29 is 24.2 Å². The van der Waals surface area contributed by atoms with Crippen LogP contribution in [0, 0.1) is 0 Å². The number of ether oxygens (including phenoxy) is 2. The fourth-order valence-electron chi connectivity index (χ4n) is 2.36. The van der Waals surface area contributed by atoms with E-state index in [-0.39, 0.29) is 29.6 Å². The first-order valence-electron chi connectivity index (χ1n) is 8.20. The number of nitrogens with one attached hydrogen (secondary N) is 1. The molecule has 1 saturated heterocycles. The number of nitrogens with zero attached hydrogens (tertiary/aromatic N) is 1. The van der Waals surface area contributed by atoms with E-state index in [1.54, 1.807) is 6.07 Å². The van der Waals surface area contributed by atoms with E-state index in [4.69, 9.17) is 9.47 Å². The van der Waals surface area contributed by atoms with Crippen LogP contribution < -0.4 is 5.32 Å². The van der Waals surface area contributed by atoms with Crippen LogP contribution in [-0.4, -0.2) is 61.3 Å². The van der Waals surface area contributed by atoms with Crippen molar-refractivity contribution in [3.05, 3.63) is 23.8 Å². The van der Waals surface area contributed by atoms with E-state index >= 15 is 0 Å². The van der Waals surface area contributed by atoms with Crippen molar-refractivity contribution in [2.75, 3.05) is 44.8 Å². The van der Waals surface area contributed by atoms with Gasteiger partial charge in [-0.1, -0.05) is 6.92 Å². The minimum Gasteiger partial charge on any atom is -0.507 e. The third-order valence-corrected chi connectivity index (χ3v) is 3.70. The minimum atomic E-state index is -0.570. The Labute approximate surface area is 153 Å². The summed E-state index contributed by atoms with van der Waals surface area (Å²) in [6, 6.07) is 4.38. The molecule has 1 amide bonds. The van der Waals surface area contributed by atoms with Crippen LogP contribution in [0.3, 0.4) is 0 Å². The highest BCUT2D eigenvalue weighted by Crippen LogP contribution is 2.23. The lowest BCUT2D eigenvalue weighted by Crippen LogP contribution is -2.38. The summed E-state index contributed by atoms with van der Waals surface area (Å²) in [5.74, 6) is -0.913. The third-order valence-electron chi connectivity index (χ3n) is 3.70. The number of phenols is 1. The highest BCUT2D eigenvalue weighted by molar-refractivity contribution is 5.95. The lowest BCUT2D eigenvalue weighted by Gasteiger charge is -2.26. The second kappa shape index (κ2) is 10.9. The molecule has 8 heteroatoms. The summed E-state index contributed by atoms with van der Waals surface area (Å²) >= 11 is 0. The largest absolute Gasteiger partial charge is 0.507 e. The molecule has 0 spiro atoms. The van der Waals surface area contributed by atoms with Crippen molar-refractivity contribution >= 4 is 30.0 Å². The summed E-state index contributed by atoms with van der Waals surface area (Å²) in [5.41, 5.74) is 0.543. The number of halogens is 1. The van der Waals surface area contributed by atoms with Crippen molar-refractivity contribution in [2.24, 2.45) is 0 Å². The molecule has 0 saturated carbocycles. The molecule has 0 radical (unpaired) electrons. The number of carbonyl (C=O) groups is 2. The summed E-state index contributed by atoms with van der Waals surface area (Å²) in [7, 11) is 0. The van der Waals surface area contributed by atoms with Gasteiger partial charge in [-0.25, -0.2) is 4.79 Å². The first-order chi connectivity index (χ1) is 11.6. The second-order valence-electron chi connectivity index (χ2n) is 5.62. The van der Waals surface area contributed by atoms with E-state index in [9.17, 15) is 14.7 Å². The van der Waals surface area contributed by atoms with Gasteiger partial charge in [0.25, 0.3) is 0 Å². The molecule has 0 aromatic heterocycles. The molecule has 0 atom stereocenters. The summed E-state index contributed by atoms with van der Waals surface area (Å²) in [5, 5.41) is 12.7. The van der Waals surface area contributed by atoms with Crippen LogP contribution >= 0.6 is 12.4 Å². The number of esters is 1. The van der Waals surface area contributed by atoms with Gasteiger partial charge < -0.3 is 19.9 Å². The van der Waals surface area contributed by atoms with Gasteiger partial charge in [-0.15, -0.1) is 12.4 Å². The Kier molecular flexibility index (Phi) is 9.26. The number of morpholine rings is 1. The predicted molar refractivity (Wildman–Crippen MR) is 96.4 cm³/mol. The van der Waals surface area contributed by atoms with Gasteiger partial charge in [0, 0.05) is 37.8 Å². The highest BCUT2D eigenvalue weighted by atomic mass is 35.5. The number of amides is 1. The Hall–Kier alpha value is -1.83. The average molecular weight is 373 g/mol. The zero-order valence-electron chi connectivity index (χ0n) is 14.3. The van der Waals surface area contributed by atoms with Crippen LogP contribution in [0.25, 0.3) is 0 Å². The van der Waals surface area contributed by atoms with E-state index in [0.717, 1.165) is 13.1 Å². The SMILES string of the molecule is CCCOC(=O)c1ccc(NC(=O)CCN2CCOCC2)cc1O.Cl. The molecule has 1 heterocycles. The standard InChI is InChI=1S/C17H24N2O5.ClH/c1-2-9-24-17(22)14-4-3-13(12-15(14)20)18-16(21)5-6-19-7-10-23-11-8-19;/h3-4,12,20H,2,5-11H2,1H3,(H,18,21);1H. The van der Waals surface area contributed by atoms with Crippen molar-refractivity contribution in [3.63, 3.8) is 0 Å². The van der Waals surface area contributed by atoms with Gasteiger partial charge in [-0.2, -0.15) is 0 Å². The second-order valence-corrected chi connectivity index (χ2v) is 5.62. The van der Waals surface area contributed by atoms with Crippen LogP contribution in [0.1, 0.15) is 30.1 Å². The molecule has 0 bridgehead atoms. The number of phenolic OH excluding ortho intramolecular Hbond substituents is 1. The van der Waals surface area contributed by atoms with Crippen LogP contribution in [0.15, 0.2) is 18.2 Å². The van der Waals surface area contributed by atoms with Crippen LogP contribution in [0.2, 0.25) is 0 Å². The predicted octanol–water partition coefficient (Wildman–Crippen LogP) is 2.04. The molecular formula is C17H25ClN2O5. The van der Waals surface area contributed by atoms with Gasteiger partial charge >= 0.3 is 5.97 Å². The van der Waals surface area contributed by atoms with Gasteiger partial charge in [0.1, 0.15) is 11.3 Å². The monoisotopic (exact) mass is 372 g/mol. The number of aromatic hydroxyl groups is 1. The van der Waals surface area contributed by atoms with Crippen LogP contribution in [-0.2, 0) is 14.3 Å². The van der Waals surface area contributed by atoms with Crippen LogP contribution in [0.4, 0.5) is 5.69 Å². The summed E-state index contributed by atoms with van der Waals surface area (Å²) < 4.78 is 10.2. The molecule has 0 aliphatic carbocycles. The maximum absolute atomic E-state index is 12.0. The van der Waals surface area contributed by atoms with Gasteiger partial charge in [0.15, 0.2) is 0 Å². The maximum Gasteiger partial charge on any atom is 0.341 e. The topological polar surface area (TPSA) is 88.1 Å². The number of benzene rings is 1. The molecule has 1 aromatic carbocycles. The first kappa shape index (κ1) is 21.2. The fraction of sp³-hybridized carbons (Fsp3) is 0.529. The van der Waals surface area contributed by atoms with E-state index in [1.165, 1.54) is 12.1 Å². The van der Waals surface area contributed by atoms with E-state index < -0.39 is 5.97 Å². The maximum atomic E-state index is 12.0. The zero-order valence-corrected chi connectivity index (χ0v) is 15.1. The third kappa shape index (κ3) is 6.89. The van der Waals surface area contributed by atoms with Gasteiger partial charge in [-0.3, -0.25) is 9.69 Å². The summed E-state index contributed by atoms with van der Waals surface area (Å²) in [6.45, 7) is 5.94. The quantitative estimate of drug-likeness (QED) is 0.712. The minimum absolute atomic E-state index is 0. The van der Waals surface area contributed by atoms with Crippen molar-refractivity contribution in [2.45, 2.75) is 19.8 Å². The van der Waals surface area contributed by atoms with Crippen molar-refractivity contribution in [1.29, 1.82) is 0 Å². The Balaban J connectivity index is 0.00000312. The number of rotatable bonds is 7. The molecule has 1 aromatic rings. The van der Waals surface area contributed by atoms with Gasteiger partial charge in [-0.05, 0) is 18.6 Å². The van der Waals surface area contributed by atoms with Crippen molar-refractivity contribution in [3.8, 4) is 5.75 Å². The van der Waals surface area contributed by atoms with Crippen LogP contribution in [0.5, 0.6) is 5.75 Å². The fourth-order valence-corrected chi connectivity index (χ4v) is 2.36. The Bertz CT molecular complexity index is 576. The molecule has 140 valence electrons. The van der Waals surface area contributed by atoms with E-state index in [1.807, 2.05) is 6.92 Å². The Morgan fingerprint density at radius 3 is 2.68 bits per heavy atom. The summed E-state index contributed by atoms with van der Waals surface area (Å²) in [4.78, 5) is 25.9. The highest BCUT2D eigenvalue weighted by Gasteiger charge is 2.15. The first-order valence-corrected chi connectivity index (χ1v) is 8.20. The number of carbonyl (C=O) groups excluding carboxylic acids is 2.